The van der Waals surface area contributed by atoms with Gasteiger partial charge in [-0.1, -0.05) is 29.8 Å². The molecule has 3 aromatic rings. The fraction of sp³-hybridized carbons (Fsp3) is 0.176. The molecule has 0 spiro atoms. The van der Waals surface area contributed by atoms with Crippen LogP contribution >= 0.6 is 11.6 Å². The molecule has 5 heteroatoms. The quantitative estimate of drug-likeness (QED) is 0.797. The molecule has 4 nitrogen and oxygen atoms in total. The van der Waals surface area contributed by atoms with E-state index < -0.39 is 5.97 Å². The van der Waals surface area contributed by atoms with Gasteiger partial charge in [0.25, 0.3) is 0 Å². The third kappa shape index (κ3) is 2.70. The number of rotatable bonds is 4. The second-order valence-corrected chi connectivity index (χ2v) is 5.66. The Morgan fingerprint density at radius 1 is 1.27 bits per heavy atom. The van der Waals surface area contributed by atoms with E-state index in [1.54, 1.807) is 16.8 Å². The maximum absolute atomic E-state index is 11.6. The van der Waals surface area contributed by atoms with E-state index in [-0.39, 0.29) is 5.69 Å². The van der Waals surface area contributed by atoms with Crippen molar-refractivity contribution in [2.45, 2.75) is 19.8 Å². The predicted octanol–water partition coefficient (Wildman–Crippen LogP) is 3.78. The van der Waals surface area contributed by atoms with Gasteiger partial charge in [0, 0.05) is 17.4 Å². The molecule has 0 fully saturated rings. The van der Waals surface area contributed by atoms with Crippen LogP contribution in [-0.2, 0) is 12.8 Å². The average molecular weight is 315 g/mol. The molecule has 0 aliphatic heterocycles. The van der Waals surface area contributed by atoms with Crippen molar-refractivity contribution >= 4 is 23.2 Å². The van der Waals surface area contributed by atoms with Crippen LogP contribution < -0.4 is 0 Å². The monoisotopic (exact) mass is 314 g/mol. The summed E-state index contributed by atoms with van der Waals surface area (Å²) in [5.74, 6) is -0.944. The minimum absolute atomic E-state index is 0.271. The van der Waals surface area contributed by atoms with E-state index in [1.165, 1.54) is 0 Å². The predicted molar refractivity (Wildman–Crippen MR) is 85.7 cm³/mol. The fourth-order valence-electron chi connectivity index (χ4n) is 2.55. The van der Waals surface area contributed by atoms with Crippen molar-refractivity contribution in [2.24, 2.45) is 0 Å². The lowest BCUT2D eigenvalue weighted by atomic mass is 10.0. The summed E-state index contributed by atoms with van der Waals surface area (Å²) < 4.78 is 1.61. The van der Waals surface area contributed by atoms with Crippen molar-refractivity contribution in [3.63, 3.8) is 0 Å². The van der Waals surface area contributed by atoms with Gasteiger partial charge in [0.05, 0.1) is 0 Å². The number of imidazole rings is 1. The van der Waals surface area contributed by atoms with Crippen LogP contribution in [0.1, 0.15) is 27.2 Å². The van der Waals surface area contributed by atoms with Crippen LogP contribution in [0.4, 0.5) is 0 Å². The molecule has 112 valence electrons. The van der Waals surface area contributed by atoms with Gasteiger partial charge in [-0.3, -0.25) is 4.40 Å². The normalized spacial score (nSPS) is 11.0. The number of carboxylic acids is 1. The molecule has 3 rings (SSSR count). The van der Waals surface area contributed by atoms with E-state index in [2.05, 4.69) is 4.98 Å². The van der Waals surface area contributed by atoms with Gasteiger partial charge >= 0.3 is 5.97 Å². The lowest BCUT2D eigenvalue weighted by molar-refractivity contribution is 0.0687. The molecule has 0 saturated carbocycles. The Balaban J connectivity index is 1.91. The summed E-state index contributed by atoms with van der Waals surface area (Å²) >= 11 is 6.13. The van der Waals surface area contributed by atoms with E-state index in [0.717, 1.165) is 28.1 Å². The second-order valence-electron chi connectivity index (χ2n) is 5.25. The number of hydrogen-bond acceptors (Lipinski definition) is 2. The maximum Gasteiger partial charge on any atom is 0.353 e. The van der Waals surface area contributed by atoms with Crippen molar-refractivity contribution < 1.29 is 9.90 Å². The van der Waals surface area contributed by atoms with E-state index >= 15 is 0 Å². The van der Waals surface area contributed by atoms with Gasteiger partial charge in [0.2, 0.25) is 0 Å². The first kappa shape index (κ1) is 14.6. The molecule has 0 unspecified atom stereocenters. The number of aromatic nitrogens is 2. The number of aryl methyl sites for hydroxylation is 3. The summed E-state index contributed by atoms with van der Waals surface area (Å²) in [5, 5.41) is 10.2. The Morgan fingerprint density at radius 2 is 2.09 bits per heavy atom. The Morgan fingerprint density at radius 3 is 2.82 bits per heavy atom. The number of aromatic carboxylic acids is 1. The molecule has 0 amide bonds. The third-order valence-corrected chi connectivity index (χ3v) is 4.18. The summed E-state index contributed by atoms with van der Waals surface area (Å²) in [5.41, 5.74) is 3.83. The highest BCUT2D eigenvalue weighted by molar-refractivity contribution is 6.31. The van der Waals surface area contributed by atoms with Crippen molar-refractivity contribution in [1.29, 1.82) is 0 Å². The highest BCUT2D eigenvalue weighted by Crippen LogP contribution is 2.19. The average Bonchev–Trinajstić information content (AvgIpc) is 2.95. The first-order chi connectivity index (χ1) is 10.6. The number of nitrogens with zero attached hydrogens (tertiary/aromatic N) is 2. The zero-order valence-electron chi connectivity index (χ0n) is 12.1. The van der Waals surface area contributed by atoms with Crippen LogP contribution in [0.25, 0.3) is 5.65 Å². The zero-order chi connectivity index (χ0) is 15.7. The zero-order valence-corrected chi connectivity index (χ0v) is 12.8. The fourth-order valence-corrected chi connectivity index (χ4v) is 2.75. The molecular formula is C17H15ClN2O2. The second kappa shape index (κ2) is 5.81. The van der Waals surface area contributed by atoms with Gasteiger partial charge in [0.1, 0.15) is 11.3 Å². The molecule has 0 atom stereocenters. The number of fused-ring (bicyclic) bond motifs is 1. The van der Waals surface area contributed by atoms with Gasteiger partial charge in [-0.05, 0) is 48.6 Å². The van der Waals surface area contributed by atoms with Crippen molar-refractivity contribution in [1.82, 2.24) is 9.38 Å². The SMILES string of the molecule is Cc1ccc(CCc2ccc3nccn3c2C(=O)O)cc1Cl. The van der Waals surface area contributed by atoms with Crippen LogP contribution in [0.2, 0.25) is 5.02 Å². The summed E-state index contributed by atoms with van der Waals surface area (Å²) in [4.78, 5) is 15.7. The summed E-state index contributed by atoms with van der Waals surface area (Å²) in [6, 6.07) is 9.62. The van der Waals surface area contributed by atoms with Crippen molar-refractivity contribution in [3.05, 3.63) is 70.1 Å². The molecule has 1 N–H and O–H groups in total. The lowest BCUT2D eigenvalue weighted by Crippen LogP contribution is -2.10. The van der Waals surface area contributed by atoms with E-state index in [0.29, 0.717) is 12.1 Å². The highest BCUT2D eigenvalue weighted by atomic mass is 35.5. The number of pyridine rings is 1. The Bertz CT molecular complexity index is 855. The molecule has 22 heavy (non-hydrogen) atoms. The number of carboxylic acid groups (broad SMARTS) is 1. The molecule has 2 heterocycles. The van der Waals surface area contributed by atoms with Gasteiger partial charge in [-0.25, -0.2) is 9.78 Å². The Labute approximate surface area is 133 Å². The van der Waals surface area contributed by atoms with Gasteiger partial charge in [0.15, 0.2) is 0 Å². The number of halogens is 1. The van der Waals surface area contributed by atoms with E-state index in [4.69, 9.17) is 11.6 Å². The highest BCUT2D eigenvalue weighted by Gasteiger charge is 2.14. The smallest absolute Gasteiger partial charge is 0.353 e. The van der Waals surface area contributed by atoms with Gasteiger partial charge in [-0.15, -0.1) is 0 Å². The maximum atomic E-state index is 11.6. The van der Waals surface area contributed by atoms with Gasteiger partial charge in [-0.2, -0.15) is 0 Å². The summed E-state index contributed by atoms with van der Waals surface area (Å²) in [7, 11) is 0. The Hall–Kier alpha value is -2.33. The largest absolute Gasteiger partial charge is 0.477 e. The first-order valence-corrected chi connectivity index (χ1v) is 7.37. The minimum atomic E-state index is -0.944. The lowest BCUT2D eigenvalue weighted by Gasteiger charge is -2.09. The summed E-state index contributed by atoms with van der Waals surface area (Å²) in [6.45, 7) is 1.96. The topological polar surface area (TPSA) is 54.6 Å². The van der Waals surface area contributed by atoms with E-state index in [1.807, 2.05) is 37.3 Å². The third-order valence-electron chi connectivity index (χ3n) is 3.77. The molecule has 0 radical (unpaired) electrons. The van der Waals surface area contributed by atoms with Crippen molar-refractivity contribution in [2.75, 3.05) is 0 Å². The minimum Gasteiger partial charge on any atom is -0.477 e. The van der Waals surface area contributed by atoms with E-state index in [9.17, 15) is 9.90 Å². The molecule has 1 aromatic carbocycles. The molecule has 0 saturated heterocycles. The number of hydrogen-bond donors (Lipinski definition) is 1. The van der Waals surface area contributed by atoms with Crippen LogP contribution in [0, 0.1) is 6.92 Å². The Kier molecular flexibility index (Phi) is 3.86. The van der Waals surface area contributed by atoms with Crippen molar-refractivity contribution in [3.8, 4) is 0 Å². The molecule has 2 aromatic heterocycles. The molecular weight excluding hydrogens is 300 g/mol. The molecule has 0 aliphatic rings. The molecule has 0 bridgehead atoms. The van der Waals surface area contributed by atoms with Crippen LogP contribution in [0.5, 0.6) is 0 Å². The van der Waals surface area contributed by atoms with Crippen LogP contribution in [0.15, 0.2) is 42.7 Å². The van der Waals surface area contributed by atoms with Gasteiger partial charge < -0.3 is 5.11 Å². The number of carbonyl (C=O) groups is 1. The summed E-state index contributed by atoms with van der Waals surface area (Å²) in [6.07, 6.45) is 4.64. The van der Waals surface area contributed by atoms with Crippen LogP contribution in [-0.4, -0.2) is 20.5 Å². The molecule has 0 aliphatic carbocycles. The van der Waals surface area contributed by atoms with Crippen LogP contribution in [0.3, 0.4) is 0 Å². The standard InChI is InChI=1S/C17H15ClN2O2/c1-11-2-3-12(10-14(11)18)4-5-13-6-7-15-19-8-9-20(15)16(13)17(21)22/h2-3,6-10H,4-5H2,1H3,(H,21,22). The first-order valence-electron chi connectivity index (χ1n) is 6.99. The number of benzene rings is 1.